The maximum absolute atomic E-state index is 11.8. The fraction of sp³-hybridized carbons (Fsp3) is 0.167. The van der Waals surface area contributed by atoms with Gasteiger partial charge in [0.25, 0.3) is 0 Å². The molecule has 0 aliphatic carbocycles. The zero-order valence-corrected chi connectivity index (χ0v) is 12.7. The van der Waals surface area contributed by atoms with Crippen LogP contribution in [0.5, 0.6) is 11.5 Å². The smallest absolute Gasteiger partial charge is 0.339 e. The molecule has 0 unspecified atom stereocenters. The molecule has 2 aromatic rings. The Balaban J connectivity index is 2.50. The lowest BCUT2D eigenvalue weighted by molar-refractivity contribution is 0.0600. The van der Waals surface area contributed by atoms with Gasteiger partial charge in [-0.1, -0.05) is 30.0 Å². The van der Waals surface area contributed by atoms with Gasteiger partial charge in [0.2, 0.25) is 0 Å². The Morgan fingerprint density at radius 1 is 0.864 bits per heavy atom. The van der Waals surface area contributed by atoms with Crippen molar-refractivity contribution in [1.29, 1.82) is 0 Å². The first kappa shape index (κ1) is 15.5. The molecule has 2 aromatic carbocycles. The van der Waals surface area contributed by atoms with Crippen LogP contribution in [0.25, 0.3) is 0 Å². The number of methoxy groups -OCH3 is 3. The summed E-state index contributed by atoms with van der Waals surface area (Å²) in [5.74, 6) is 6.80. The summed E-state index contributed by atoms with van der Waals surface area (Å²) < 4.78 is 15.4. The Morgan fingerprint density at radius 2 is 1.50 bits per heavy atom. The van der Waals surface area contributed by atoms with Gasteiger partial charge in [0.05, 0.1) is 26.9 Å². The second-order valence-electron chi connectivity index (χ2n) is 4.32. The molecule has 112 valence electrons. The van der Waals surface area contributed by atoms with Crippen LogP contribution in [0, 0.1) is 11.8 Å². The van der Waals surface area contributed by atoms with Crippen molar-refractivity contribution in [1.82, 2.24) is 0 Å². The van der Waals surface area contributed by atoms with Gasteiger partial charge in [-0.2, -0.15) is 0 Å². The predicted molar refractivity (Wildman–Crippen MR) is 83.3 cm³/mol. The molecule has 0 N–H and O–H groups in total. The van der Waals surface area contributed by atoms with Gasteiger partial charge in [-0.15, -0.1) is 0 Å². The van der Waals surface area contributed by atoms with E-state index in [-0.39, 0.29) is 0 Å². The zero-order chi connectivity index (χ0) is 15.9. The molecule has 0 aliphatic heterocycles. The molecule has 0 radical (unpaired) electrons. The van der Waals surface area contributed by atoms with E-state index >= 15 is 0 Å². The van der Waals surface area contributed by atoms with Crippen LogP contribution in [0.15, 0.2) is 42.5 Å². The van der Waals surface area contributed by atoms with Gasteiger partial charge in [-0.25, -0.2) is 4.79 Å². The van der Waals surface area contributed by atoms with Crippen LogP contribution in [0.3, 0.4) is 0 Å². The highest BCUT2D eigenvalue weighted by atomic mass is 16.5. The Hall–Kier alpha value is -2.93. The minimum atomic E-state index is -0.420. The summed E-state index contributed by atoms with van der Waals surface area (Å²) in [6, 6.07) is 12.5. The predicted octanol–water partition coefficient (Wildman–Crippen LogP) is 2.89. The Labute approximate surface area is 129 Å². The fourth-order valence-electron chi connectivity index (χ4n) is 1.98. The maximum atomic E-state index is 11.8. The Morgan fingerprint density at radius 3 is 2.09 bits per heavy atom. The quantitative estimate of drug-likeness (QED) is 0.645. The molecule has 0 saturated carbocycles. The lowest BCUT2D eigenvalue weighted by Gasteiger charge is -2.07. The molecule has 0 aliphatic rings. The van der Waals surface area contributed by atoms with Crippen molar-refractivity contribution >= 4 is 5.97 Å². The first-order valence-electron chi connectivity index (χ1n) is 6.61. The fourth-order valence-corrected chi connectivity index (χ4v) is 1.98. The van der Waals surface area contributed by atoms with Crippen molar-refractivity contribution in [2.45, 2.75) is 0 Å². The summed E-state index contributed by atoms with van der Waals surface area (Å²) in [7, 11) is 4.49. The number of ether oxygens (including phenoxy) is 3. The third-order valence-electron chi connectivity index (χ3n) is 3.08. The number of esters is 1. The molecule has 22 heavy (non-hydrogen) atoms. The van der Waals surface area contributed by atoms with Crippen molar-refractivity contribution in [3.63, 3.8) is 0 Å². The first-order chi connectivity index (χ1) is 10.7. The van der Waals surface area contributed by atoms with E-state index in [4.69, 9.17) is 14.2 Å². The van der Waals surface area contributed by atoms with E-state index in [1.165, 1.54) is 7.11 Å². The summed E-state index contributed by atoms with van der Waals surface area (Å²) in [6.45, 7) is 0. The van der Waals surface area contributed by atoms with E-state index < -0.39 is 5.97 Å². The number of carbonyl (C=O) groups excluding carboxylic acids is 1. The third kappa shape index (κ3) is 3.21. The van der Waals surface area contributed by atoms with E-state index in [1.807, 2.05) is 12.1 Å². The molecule has 0 saturated heterocycles. The molecule has 2 rings (SSSR count). The van der Waals surface area contributed by atoms with Crippen LogP contribution in [-0.4, -0.2) is 27.3 Å². The van der Waals surface area contributed by atoms with Crippen molar-refractivity contribution in [2.75, 3.05) is 21.3 Å². The van der Waals surface area contributed by atoms with Crippen LogP contribution in [-0.2, 0) is 4.74 Å². The van der Waals surface area contributed by atoms with E-state index in [0.717, 1.165) is 0 Å². The Bertz CT molecular complexity index is 716. The van der Waals surface area contributed by atoms with E-state index in [2.05, 4.69) is 11.8 Å². The molecule has 4 nitrogen and oxygen atoms in total. The van der Waals surface area contributed by atoms with Crippen LogP contribution in [0.2, 0.25) is 0 Å². The molecule has 0 aromatic heterocycles. The third-order valence-corrected chi connectivity index (χ3v) is 3.08. The topological polar surface area (TPSA) is 44.8 Å². The minimum absolute atomic E-state index is 0.420. The number of benzene rings is 2. The maximum Gasteiger partial charge on any atom is 0.339 e. The lowest BCUT2D eigenvalue weighted by atomic mass is 10.1. The van der Waals surface area contributed by atoms with Gasteiger partial charge >= 0.3 is 5.97 Å². The van der Waals surface area contributed by atoms with Crippen molar-refractivity contribution in [3.8, 4) is 23.3 Å². The summed E-state index contributed by atoms with van der Waals surface area (Å²) in [4.78, 5) is 11.8. The van der Waals surface area contributed by atoms with Crippen LogP contribution in [0.4, 0.5) is 0 Å². The van der Waals surface area contributed by atoms with E-state index in [0.29, 0.717) is 28.2 Å². The highest BCUT2D eigenvalue weighted by Gasteiger charge is 2.10. The van der Waals surface area contributed by atoms with Crippen LogP contribution < -0.4 is 9.47 Å². The lowest BCUT2D eigenvalue weighted by Crippen LogP contribution is -2.03. The van der Waals surface area contributed by atoms with Gasteiger partial charge in [0, 0.05) is 5.56 Å². The van der Waals surface area contributed by atoms with Crippen molar-refractivity contribution in [2.24, 2.45) is 0 Å². The molecule has 0 amide bonds. The normalized spacial score (nSPS) is 9.41. The zero-order valence-electron chi connectivity index (χ0n) is 12.7. The second-order valence-corrected chi connectivity index (χ2v) is 4.32. The number of hydrogen-bond acceptors (Lipinski definition) is 4. The van der Waals surface area contributed by atoms with Gasteiger partial charge in [-0.05, 0) is 24.3 Å². The molecule has 0 fully saturated rings. The van der Waals surface area contributed by atoms with E-state index in [9.17, 15) is 4.79 Å². The summed E-state index contributed by atoms with van der Waals surface area (Å²) in [5, 5.41) is 0. The summed E-state index contributed by atoms with van der Waals surface area (Å²) in [5.41, 5.74) is 1.64. The first-order valence-corrected chi connectivity index (χ1v) is 6.61. The number of carbonyl (C=O) groups is 1. The van der Waals surface area contributed by atoms with E-state index in [1.54, 1.807) is 44.6 Å². The van der Waals surface area contributed by atoms with Gasteiger partial charge in [-0.3, -0.25) is 0 Å². The average molecular weight is 296 g/mol. The Kier molecular flexibility index (Phi) is 5.05. The van der Waals surface area contributed by atoms with Crippen molar-refractivity contribution < 1.29 is 19.0 Å². The minimum Gasteiger partial charge on any atom is -0.495 e. The highest BCUT2D eigenvalue weighted by Crippen LogP contribution is 2.27. The van der Waals surface area contributed by atoms with Gasteiger partial charge in [0.1, 0.15) is 17.1 Å². The summed E-state index contributed by atoms with van der Waals surface area (Å²) >= 11 is 0. The van der Waals surface area contributed by atoms with Crippen LogP contribution in [0.1, 0.15) is 21.5 Å². The second kappa shape index (κ2) is 7.19. The largest absolute Gasteiger partial charge is 0.495 e. The highest BCUT2D eigenvalue weighted by molar-refractivity contribution is 5.92. The van der Waals surface area contributed by atoms with Gasteiger partial charge < -0.3 is 14.2 Å². The molecule has 0 bridgehead atoms. The molecule has 4 heteroatoms. The van der Waals surface area contributed by atoms with Crippen LogP contribution >= 0.6 is 0 Å². The SMILES string of the molecule is COC(=O)c1ccccc1C#Cc1c(OC)cccc1OC. The average Bonchev–Trinajstić information content (AvgIpc) is 2.59. The molecule has 0 atom stereocenters. The molecule has 0 heterocycles. The number of rotatable bonds is 3. The monoisotopic (exact) mass is 296 g/mol. The molecular weight excluding hydrogens is 280 g/mol. The molecular formula is C18H16O4. The standard InChI is InChI=1S/C18H16O4/c1-20-16-9-6-10-17(21-2)15(16)12-11-13-7-4-5-8-14(13)18(19)22-3/h4-10H,1-3H3. The summed E-state index contributed by atoms with van der Waals surface area (Å²) in [6.07, 6.45) is 0. The number of hydrogen-bond donors (Lipinski definition) is 0. The van der Waals surface area contributed by atoms with Gasteiger partial charge in [0.15, 0.2) is 0 Å². The molecule has 0 spiro atoms. The van der Waals surface area contributed by atoms with Crippen molar-refractivity contribution in [3.05, 3.63) is 59.2 Å².